The molecule has 0 saturated heterocycles. The predicted molar refractivity (Wildman–Crippen MR) is 67.0 cm³/mol. The average Bonchev–Trinajstić information content (AvgIpc) is 2.96. The standard InChI is InChI=1S/C12H14N2O2S/c13-12(15)9-6-11(17-8-9)7-14-4-3-10-2-1-5-16-10/h1-2,5-6,8,14H,3-4,7H2,(H2,13,15). The first-order valence-electron chi connectivity index (χ1n) is 5.36. The number of carbonyl (C=O) groups excluding carboxylic acids is 1. The van der Waals surface area contributed by atoms with Crippen molar-refractivity contribution in [2.24, 2.45) is 5.73 Å². The van der Waals surface area contributed by atoms with Crippen molar-refractivity contribution >= 4 is 17.2 Å². The minimum atomic E-state index is -0.372. The summed E-state index contributed by atoms with van der Waals surface area (Å²) in [5.41, 5.74) is 5.76. The number of nitrogens with two attached hydrogens (primary N) is 1. The quantitative estimate of drug-likeness (QED) is 0.768. The highest BCUT2D eigenvalue weighted by molar-refractivity contribution is 7.10. The lowest BCUT2D eigenvalue weighted by Crippen LogP contribution is -2.16. The molecule has 2 aromatic rings. The van der Waals surface area contributed by atoms with E-state index in [9.17, 15) is 4.79 Å². The van der Waals surface area contributed by atoms with Crippen molar-refractivity contribution in [2.45, 2.75) is 13.0 Å². The van der Waals surface area contributed by atoms with E-state index in [4.69, 9.17) is 10.2 Å². The topological polar surface area (TPSA) is 68.3 Å². The van der Waals surface area contributed by atoms with Crippen LogP contribution in [0.1, 0.15) is 21.0 Å². The van der Waals surface area contributed by atoms with Crippen LogP contribution in [-0.2, 0) is 13.0 Å². The molecule has 0 aliphatic carbocycles. The van der Waals surface area contributed by atoms with Gasteiger partial charge in [0.05, 0.1) is 11.8 Å². The van der Waals surface area contributed by atoms with Gasteiger partial charge in [-0.25, -0.2) is 0 Å². The lowest BCUT2D eigenvalue weighted by Gasteiger charge is -2.00. The number of nitrogens with one attached hydrogen (secondary N) is 1. The van der Waals surface area contributed by atoms with E-state index in [2.05, 4.69) is 5.32 Å². The smallest absolute Gasteiger partial charge is 0.249 e. The van der Waals surface area contributed by atoms with Gasteiger partial charge in [0, 0.05) is 29.8 Å². The highest BCUT2D eigenvalue weighted by atomic mass is 32.1. The Kier molecular flexibility index (Phi) is 3.95. The molecule has 17 heavy (non-hydrogen) atoms. The summed E-state index contributed by atoms with van der Waals surface area (Å²) in [5.74, 6) is 0.601. The summed E-state index contributed by atoms with van der Waals surface area (Å²) in [6.45, 7) is 1.59. The molecule has 0 unspecified atom stereocenters. The highest BCUT2D eigenvalue weighted by Crippen LogP contribution is 2.13. The minimum Gasteiger partial charge on any atom is -0.469 e. The van der Waals surface area contributed by atoms with E-state index >= 15 is 0 Å². The molecule has 0 radical (unpaired) electrons. The van der Waals surface area contributed by atoms with Crippen LogP contribution >= 0.6 is 11.3 Å². The molecule has 0 atom stereocenters. The maximum Gasteiger partial charge on any atom is 0.249 e. The van der Waals surface area contributed by atoms with Crippen LogP contribution in [0.4, 0.5) is 0 Å². The van der Waals surface area contributed by atoms with Gasteiger partial charge >= 0.3 is 0 Å². The van der Waals surface area contributed by atoms with E-state index in [-0.39, 0.29) is 5.91 Å². The summed E-state index contributed by atoms with van der Waals surface area (Å²) >= 11 is 1.54. The highest BCUT2D eigenvalue weighted by Gasteiger charge is 2.04. The number of carbonyl (C=O) groups is 1. The lowest BCUT2D eigenvalue weighted by molar-refractivity contribution is 0.100. The second kappa shape index (κ2) is 5.65. The van der Waals surface area contributed by atoms with Gasteiger partial charge < -0.3 is 15.5 Å². The van der Waals surface area contributed by atoms with Gasteiger partial charge in [0.15, 0.2) is 0 Å². The molecule has 0 saturated carbocycles. The number of primary amides is 1. The number of rotatable bonds is 6. The molecule has 0 aliphatic rings. The number of hydrogen-bond acceptors (Lipinski definition) is 4. The molecule has 5 heteroatoms. The van der Waals surface area contributed by atoms with Crippen LogP contribution < -0.4 is 11.1 Å². The summed E-state index contributed by atoms with van der Waals surface area (Å²) in [7, 11) is 0. The lowest BCUT2D eigenvalue weighted by atomic mass is 10.3. The fourth-order valence-electron chi connectivity index (χ4n) is 1.48. The molecule has 3 N–H and O–H groups in total. The maximum atomic E-state index is 10.9. The van der Waals surface area contributed by atoms with E-state index in [1.54, 1.807) is 11.6 Å². The number of thiophene rings is 1. The Bertz CT molecular complexity index is 476. The van der Waals surface area contributed by atoms with Crippen LogP contribution in [-0.4, -0.2) is 12.5 Å². The van der Waals surface area contributed by atoms with Crippen LogP contribution in [0.15, 0.2) is 34.3 Å². The molecule has 0 aromatic carbocycles. The molecule has 2 heterocycles. The van der Waals surface area contributed by atoms with Gasteiger partial charge in [-0.3, -0.25) is 4.79 Å². The summed E-state index contributed by atoms with van der Waals surface area (Å²) in [6.07, 6.45) is 2.54. The third kappa shape index (κ3) is 3.44. The van der Waals surface area contributed by atoms with Gasteiger partial charge in [-0.15, -0.1) is 11.3 Å². The Morgan fingerprint density at radius 1 is 1.53 bits per heavy atom. The van der Waals surface area contributed by atoms with Crippen molar-refractivity contribution in [2.75, 3.05) is 6.54 Å². The van der Waals surface area contributed by atoms with Gasteiger partial charge in [-0.05, 0) is 18.2 Å². The van der Waals surface area contributed by atoms with Crippen molar-refractivity contribution in [1.29, 1.82) is 0 Å². The van der Waals surface area contributed by atoms with E-state index < -0.39 is 0 Å². The zero-order valence-electron chi connectivity index (χ0n) is 9.31. The Morgan fingerprint density at radius 3 is 3.06 bits per heavy atom. The van der Waals surface area contributed by atoms with Crippen LogP contribution in [0.3, 0.4) is 0 Å². The second-order valence-corrected chi connectivity index (χ2v) is 4.67. The molecule has 90 valence electrons. The number of hydrogen-bond donors (Lipinski definition) is 2. The molecule has 0 fully saturated rings. The molecule has 4 nitrogen and oxygen atoms in total. The third-order valence-electron chi connectivity index (χ3n) is 2.37. The Balaban J connectivity index is 1.72. The molecule has 2 rings (SSSR count). The Labute approximate surface area is 103 Å². The first-order chi connectivity index (χ1) is 8.25. The van der Waals surface area contributed by atoms with E-state index in [0.717, 1.165) is 30.1 Å². The average molecular weight is 250 g/mol. The normalized spacial score (nSPS) is 10.6. The molecule has 0 aliphatic heterocycles. The van der Waals surface area contributed by atoms with Gasteiger partial charge in [-0.1, -0.05) is 0 Å². The van der Waals surface area contributed by atoms with Gasteiger partial charge in [0.2, 0.25) is 5.91 Å². The molecule has 0 bridgehead atoms. The Morgan fingerprint density at radius 2 is 2.41 bits per heavy atom. The SMILES string of the molecule is NC(=O)c1csc(CNCCc2ccco2)c1. The molecule has 1 amide bonds. The van der Waals surface area contributed by atoms with Gasteiger partial charge in [0.25, 0.3) is 0 Å². The summed E-state index contributed by atoms with van der Waals surface area (Å²) in [5, 5.41) is 5.07. The largest absolute Gasteiger partial charge is 0.469 e. The van der Waals surface area contributed by atoms with Gasteiger partial charge in [0.1, 0.15) is 5.76 Å². The zero-order valence-corrected chi connectivity index (χ0v) is 10.1. The van der Waals surface area contributed by atoms with Crippen LogP contribution in [0.2, 0.25) is 0 Å². The first kappa shape index (κ1) is 11.9. The summed E-state index contributed by atoms with van der Waals surface area (Å²) < 4.78 is 5.22. The van der Waals surface area contributed by atoms with E-state index in [1.807, 2.05) is 18.2 Å². The van der Waals surface area contributed by atoms with Crippen LogP contribution in [0.5, 0.6) is 0 Å². The maximum absolute atomic E-state index is 10.9. The molecule has 0 spiro atoms. The number of amides is 1. The van der Waals surface area contributed by atoms with Crippen LogP contribution in [0, 0.1) is 0 Å². The monoisotopic (exact) mass is 250 g/mol. The minimum absolute atomic E-state index is 0.372. The van der Waals surface area contributed by atoms with Crippen LogP contribution in [0.25, 0.3) is 0 Å². The van der Waals surface area contributed by atoms with Crippen molar-refractivity contribution in [1.82, 2.24) is 5.32 Å². The van der Waals surface area contributed by atoms with E-state index in [1.165, 1.54) is 11.3 Å². The first-order valence-corrected chi connectivity index (χ1v) is 6.24. The number of furan rings is 1. The van der Waals surface area contributed by atoms with Crippen molar-refractivity contribution in [3.05, 3.63) is 46.0 Å². The second-order valence-electron chi connectivity index (χ2n) is 3.67. The predicted octanol–water partition coefficient (Wildman–Crippen LogP) is 1.77. The third-order valence-corrected chi connectivity index (χ3v) is 3.30. The van der Waals surface area contributed by atoms with Crippen molar-refractivity contribution in [3.63, 3.8) is 0 Å². The molecule has 2 aromatic heterocycles. The zero-order chi connectivity index (χ0) is 12.1. The van der Waals surface area contributed by atoms with Gasteiger partial charge in [-0.2, -0.15) is 0 Å². The summed E-state index contributed by atoms with van der Waals surface area (Å²) in [4.78, 5) is 12.0. The fourth-order valence-corrected chi connectivity index (χ4v) is 2.32. The fraction of sp³-hybridized carbons (Fsp3) is 0.250. The van der Waals surface area contributed by atoms with Crippen molar-refractivity contribution < 1.29 is 9.21 Å². The van der Waals surface area contributed by atoms with Crippen molar-refractivity contribution in [3.8, 4) is 0 Å². The molecular formula is C12H14N2O2S. The van der Waals surface area contributed by atoms with E-state index in [0.29, 0.717) is 5.56 Å². The Hall–Kier alpha value is -1.59. The molecular weight excluding hydrogens is 236 g/mol. The summed E-state index contributed by atoms with van der Waals surface area (Å²) in [6, 6.07) is 5.67.